The summed E-state index contributed by atoms with van der Waals surface area (Å²) in [6.07, 6.45) is 4.77. The number of rotatable bonds is 6. The molecule has 2 atom stereocenters. The number of halogens is 1. The summed E-state index contributed by atoms with van der Waals surface area (Å²) in [5.74, 6) is -1.22. The number of nitrogens with zero attached hydrogens (tertiary/aromatic N) is 3. The lowest BCUT2D eigenvalue weighted by Gasteiger charge is -2.31. The Bertz CT molecular complexity index is 1520. The lowest BCUT2D eigenvalue weighted by atomic mass is 9.76. The van der Waals surface area contributed by atoms with E-state index in [0.29, 0.717) is 31.5 Å². The molecule has 10 heteroatoms. The third-order valence-electron chi connectivity index (χ3n) is 8.24. The van der Waals surface area contributed by atoms with Gasteiger partial charge in [0.2, 0.25) is 11.8 Å². The van der Waals surface area contributed by atoms with Crippen LogP contribution in [0.25, 0.3) is 21.0 Å². The lowest BCUT2D eigenvalue weighted by Crippen LogP contribution is -2.49. The van der Waals surface area contributed by atoms with E-state index in [4.69, 9.17) is 4.98 Å². The first-order chi connectivity index (χ1) is 19.9. The molecule has 6 rings (SSSR count). The number of hydrogen-bond acceptors (Lipinski definition) is 6. The number of benzene rings is 2. The monoisotopic (exact) mass is 571 g/mol. The largest absolute Gasteiger partial charge is 0.353 e. The number of aromatic nitrogens is 1. The molecule has 3 fully saturated rings. The van der Waals surface area contributed by atoms with Gasteiger partial charge in [-0.1, -0.05) is 25.0 Å². The predicted molar refractivity (Wildman–Crippen MR) is 152 cm³/mol. The fourth-order valence-electron chi connectivity index (χ4n) is 5.75. The SMILES string of the molecule is N#CC1(NC(=O)[C@@H]2CCCC[C@H]2c2nc(-c3ccc(F)cc3)sc2-c2ccc(C(=O)N3CCNC(=O)C3)cc2)CC1. The fraction of sp³-hybridized carbons (Fsp3) is 0.387. The van der Waals surface area contributed by atoms with Crippen molar-refractivity contribution in [2.75, 3.05) is 19.6 Å². The first kappa shape index (κ1) is 27.1. The molecule has 0 unspecified atom stereocenters. The molecule has 41 heavy (non-hydrogen) atoms. The zero-order chi connectivity index (χ0) is 28.6. The van der Waals surface area contributed by atoms with Gasteiger partial charge < -0.3 is 15.5 Å². The quantitative estimate of drug-likeness (QED) is 0.448. The minimum atomic E-state index is -0.735. The third kappa shape index (κ3) is 5.59. The normalized spacial score (nSPS) is 21.5. The number of carbonyl (C=O) groups excluding carboxylic acids is 3. The highest BCUT2D eigenvalue weighted by Crippen LogP contribution is 2.46. The van der Waals surface area contributed by atoms with Gasteiger partial charge in [-0.2, -0.15) is 5.26 Å². The molecule has 0 bridgehead atoms. The van der Waals surface area contributed by atoms with Gasteiger partial charge in [-0.15, -0.1) is 11.3 Å². The van der Waals surface area contributed by atoms with Gasteiger partial charge >= 0.3 is 0 Å². The highest BCUT2D eigenvalue weighted by molar-refractivity contribution is 7.18. The number of hydrogen-bond donors (Lipinski definition) is 2. The van der Waals surface area contributed by atoms with E-state index >= 15 is 0 Å². The van der Waals surface area contributed by atoms with Crippen molar-refractivity contribution in [3.8, 4) is 27.1 Å². The zero-order valence-electron chi connectivity index (χ0n) is 22.5. The molecule has 0 radical (unpaired) electrons. The van der Waals surface area contributed by atoms with Gasteiger partial charge in [-0.05, 0) is 67.6 Å². The van der Waals surface area contributed by atoms with Crippen molar-refractivity contribution in [2.45, 2.75) is 50.0 Å². The van der Waals surface area contributed by atoms with Crippen LogP contribution in [0.15, 0.2) is 48.5 Å². The summed E-state index contributed by atoms with van der Waals surface area (Å²) in [6.45, 7) is 0.939. The van der Waals surface area contributed by atoms with Crippen LogP contribution in [0, 0.1) is 23.1 Å². The molecule has 8 nitrogen and oxygen atoms in total. The zero-order valence-corrected chi connectivity index (χ0v) is 23.3. The summed E-state index contributed by atoms with van der Waals surface area (Å²) in [7, 11) is 0. The van der Waals surface area contributed by atoms with Crippen molar-refractivity contribution in [1.29, 1.82) is 5.26 Å². The summed E-state index contributed by atoms with van der Waals surface area (Å²) in [5.41, 5.74) is 2.24. The molecule has 0 spiro atoms. The van der Waals surface area contributed by atoms with Crippen molar-refractivity contribution in [3.05, 3.63) is 65.6 Å². The van der Waals surface area contributed by atoms with E-state index < -0.39 is 5.54 Å². The smallest absolute Gasteiger partial charge is 0.254 e. The number of carbonyl (C=O) groups is 3. The molecule has 2 aromatic carbocycles. The van der Waals surface area contributed by atoms with Crippen LogP contribution in [0.3, 0.4) is 0 Å². The number of nitrogens with one attached hydrogen (secondary N) is 2. The van der Waals surface area contributed by atoms with Crippen molar-refractivity contribution in [2.24, 2.45) is 5.92 Å². The summed E-state index contributed by atoms with van der Waals surface area (Å²) in [6, 6.07) is 15.8. The number of thiazole rings is 1. The molecule has 2 saturated carbocycles. The van der Waals surface area contributed by atoms with Crippen LogP contribution in [-0.2, 0) is 9.59 Å². The Morgan fingerprint density at radius 1 is 1.07 bits per heavy atom. The van der Waals surface area contributed by atoms with Crippen molar-refractivity contribution in [3.63, 3.8) is 0 Å². The maximum absolute atomic E-state index is 13.7. The van der Waals surface area contributed by atoms with Gasteiger partial charge in [-0.25, -0.2) is 9.37 Å². The molecule has 210 valence electrons. The molecule has 1 aliphatic heterocycles. The molecule has 3 aromatic rings. The fourth-order valence-corrected chi connectivity index (χ4v) is 6.90. The lowest BCUT2D eigenvalue weighted by molar-refractivity contribution is -0.127. The number of nitriles is 1. The summed E-state index contributed by atoms with van der Waals surface area (Å²) < 4.78 is 13.7. The molecule has 3 aliphatic rings. The van der Waals surface area contributed by atoms with Gasteiger partial charge in [-0.3, -0.25) is 14.4 Å². The standard InChI is InChI=1S/C31H30FN5O3S/c32-22-11-9-20(10-12-22)29-35-26(23-3-1-2-4-24(23)28(39)36-31(18-33)13-14-31)27(41-29)19-5-7-21(8-6-19)30(40)37-16-15-34-25(38)17-37/h5-12,23-24H,1-4,13-17H2,(H,34,38)(H,36,39)/t23-,24-/m1/s1. The first-order valence-corrected chi connectivity index (χ1v) is 14.8. The van der Waals surface area contributed by atoms with E-state index in [0.717, 1.165) is 52.4 Å². The van der Waals surface area contributed by atoms with Crippen LogP contribution >= 0.6 is 11.3 Å². The molecule has 2 aliphatic carbocycles. The average molecular weight is 572 g/mol. The second kappa shape index (κ2) is 11.1. The Morgan fingerprint density at radius 3 is 2.46 bits per heavy atom. The molecule has 2 N–H and O–H groups in total. The Labute approximate surface area is 241 Å². The van der Waals surface area contributed by atoms with Crippen molar-refractivity contribution in [1.82, 2.24) is 20.5 Å². The van der Waals surface area contributed by atoms with Gasteiger partial charge in [0.05, 0.1) is 23.2 Å². The average Bonchev–Trinajstić information content (AvgIpc) is 3.63. The summed E-state index contributed by atoms with van der Waals surface area (Å²) >= 11 is 1.49. The van der Waals surface area contributed by atoms with Gasteiger partial charge in [0.15, 0.2) is 0 Å². The van der Waals surface area contributed by atoms with Crippen LogP contribution in [0.5, 0.6) is 0 Å². The summed E-state index contributed by atoms with van der Waals surface area (Å²) in [5, 5.41) is 16.0. The topological polar surface area (TPSA) is 115 Å². The Morgan fingerprint density at radius 2 is 1.78 bits per heavy atom. The van der Waals surface area contributed by atoms with Gasteiger partial charge in [0.1, 0.15) is 16.4 Å². The second-order valence-corrected chi connectivity index (χ2v) is 12.1. The van der Waals surface area contributed by atoms with E-state index in [1.54, 1.807) is 24.3 Å². The van der Waals surface area contributed by atoms with Gasteiger partial charge in [0, 0.05) is 36.1 Å². The van der Waals surface area contributed by atoms with Crippen LogP contribution in [0.4, 0.5) is 4.39 Å². The molecular weight excluding hydrogens is 541 g/mol. The van der Waals surface area contributed by atoms with Crippen molar-refractivity contribution < 1.29 is 18.8 Å². The Balaban J connectivity index is 1.34. The second-order valence-electron chi connectivity index (χ2n) is 11.1. The van der Waals surface area contributed by atoms with E-state index in [2.05, 4.69) is 16.7 Å². The van der Waals surface area contributed by atoms with Crippen LogP contribution in [0.1, 0.15) is 60.5 Å². The Kier molecular flexibility index (Phi) is 7.30. The molecule has 1 saturated heterocycles. The van der Waals surface area contributed by atoms with E-state index in [1.807, 2.05) is 12.1 Å². The third-order valence-corrected chi connectivity index (χ3v) is 9.41. The van der Waals surface area contributed by atoms with E-state index in [1.165, 1.54) is 28.4 Å². The number of amides is 3. The van der Waals surface area contributed by atoms with E-state index in [-0.39, 0.29) is 41.9 Å². The van der Waals surface area contributed by atoms with Crippen LogP contribution < -0.4 is 10.6 Å². The minimum Gasteiger partial charge on any atom is -0.353 e. The minimum absolute atomic E-state index is 0.0405. The maximum atomic E-state index is 13.7. The summed E-state index contributed by atoms with van der Waals surface area (Å²) in [4.78, 5) is 45.7. The highest BCUT2D eigenvalue weighted by Gasteiger charge is 2.47. The first-order valence-electron chi connectivity index (χ1n) is 14.0. The molecule has 2 heterocycles. The maximum Gasteiger partial charge on any atom is 0.254 e. The Hall–Kier alpha value is -4.10. The van der Waals surface area contributed by atoms with E-state index in [9.17, 15) is 24.0 Å². The van der Waals surface area contributed by atoms with Gasteiger partial charge in [0.25, 0.3) is 5.91 Å². The highest BCUT2D eigenvalue weighted by atomic mass is 32.1. The van der Waals surface area contributed by atoms with Crippen LogP contribution in [-0.4, -0.2) is 52.8 Å². The number of piperazine rings is 1. The predicted octanol–water partition coefficient (Wildman–Crippen LogP) is 4.63. The van der Waals surface area contributed by atoms with Crippen LogP contribution in [0.2, 0.25) is 0 Å². The molecule has 3 amide bonds. The van der Waals surface area contributed by atoms with Crippen molar-refractivity contribution >= 4 is 29.1 Å². The molecule has 1 aromatic heterocycles. The molecular formula is C31H30FN5O3S.